The first-order valence-corrected chi connectivity index (χ1v) is 6.95. The topological polar surface area (TPSA) is 29.1 Å². The van der Waals surface area contributed by atoms with E-state index < -0.39 is 0 Å². The number of nitrogens with one attached hydrogen (secondary N) is 1. The number of amides is 1. The summed E-state index contributed by atoms with van der Waals surface area (Å²) in [6, 6.07) is 0.337. The van der Waals surface area contributed by atoms with Gasteiger partial charge in [-0.25, -0.2) is 0 Å². The largest absolute Gasteiger partial charge is 0.353 e. The average Bonchev–Trinajstić information content (AvgIpc) is 2.30. The molecule has 2 unspecified atom stereocenters. The molecule has 92 valence electrons. The van der Waals surface area contributed by atoms with Crippen molar-refractivity contribution in [3.8, 4) is 0 Å². The Morgan fingerprint density at radius 1 is 1.12 bits per heavy atom. The van der Waals surface area contributed by atoms with E-state index in [2.05, 4.69) is 17.5 Å². The first-order chi connectivity index (χ1) is 8.15. The van der Waals surface area contributed by atoms with Crippen LogP contribution in [0.5, 0.6) is 0 Å². The fourth-order valence-corrected chi connectivity index (χ4v) is 3.90. The van der Waals surface area contributed by atoms with E-state index in [-0.39, 0.29) is 5.91 Å². The van der Waals surface area contributed by atoms with Gasteiger partial charge in [-0.2, -0.15) is 0 Å². The van der Waals surface area contributed by atoms with E-state index in [0.29, 0.717) is 40.3 Å². The molecule has 0 aromatic heterocycles. The van der Waals surface area contributed by atoms with Gasteiger partial charge in [-0.15, -0.1) is 0 Å². The van der Waals surface area contributed by atoms with E-state index in [0.717, 1.165) is 19.3 Å². The monoisotopic (exact) mass is 271 g/mol. The van der Waals surface area contributed by atoms with Gasteiger partial charge in [0.15, 0.2) is 0 Å². The molecule has 3 aliphatic rings. The minimum Gasteiger partial charge on any atom is -0.353 e. The highest BCUT2D eigenvalue weighted by molar-refractivity contribution is 6.44. The molecule has 1 saturated carbocycles. The molecule has 17 heavy (non-hydrogen) atoms. The van der Waals surface area contributed by atoms with Crippen molar-refractivity contribution in [1.82, 2.24) is 5.32 Å². The van der Waals surface area contributed by atoms with Crippen LogP contribution >= 0.6 is 23.2 Å². The molecule has 1 saturated heterocycles. The number of allylic oxidation sites excluding steroid dienone is 4. The van der Waals surface area contributed by atoms with Crippen LogP contribution in [0.1, 0.15) is 25.7 Å². The first-order valence-electron chi connectivity index (χ1n) is 6.19. The third kappa shape index (κ3) is 2.02. The van der Waals surface area contributed by atoms with E-state index in [1.807, 2.05) is 0 Å². The highest BCUT2D eigenvalue weighted by Crippen LogP contribution is 2.45. The molecule has 2 fully saturated rings. The number of halogens is 2. The van der Waals surface area contributed by atoms with E-state index in [4.69, 9.17) is 23.2 Å². The van der Waals surface area contributed by atoms with Gasteiger partial charge in [0.05, 0.1) is 10.1 Å². The van der Waals surface area contributed by atoms with Gasteiger partial charge in [0.2, 0.25) is 5.91 Å². The summed E-state index contributed by atoms with van der Waals surface area (Å²) in [5, 5.41) is 4.47. The van der Waals surface area contributed by atoms with Crippen LogP contribution in [0.25, 0.3) is 0 Å². The molecule has 1 aliphatic heterocycles. The summed E-state index contributed by atoms with van der Waals surface area (Å²) in [5.74, 6) is 1.68. The van der Waals surface area contributed by atoms with E-state index in [9.17, 15) is 4.79 Å². The lowest BCUT2D eigenvalue weighted by Crippen LogP contribution is -2.51. The Labute approximate surface area is 111 Å². The summed E-state index contributed by atoms with van der Waals surface area (Å²) in [6.07, 6.45) is 7.97. The van der Waals surface area contributed by atoms with Crippen molar-refractivity contribution in [3.05, 3.63) is 22.2 Å². The van der Waals surface area contributed by atoms with Crippen LogP contribution in [-0.2, 0) is 4.79 Å². The zero-order valence-electron chi connectivity index (χ0n) is 9.46. The van der Waals surface area contributed by atoms with Crippen LogP contribution in [0, 0.1) is 17.8 Å². The molecule has 4 atom stereocenters. The smallest absolute Gasteiger partial charge is 0.220 e. The van der Waals surface area contributed by atoms with Gasteiger partial charge in [-0.3, -0.25) is 4.79 Å². The van der Waals surface area contributed by atoms with Crippen molar-refractivity contribution in [2.45, 2.75) is 31.7 Å². The number of hydrogen-bond donors (Lipinski definition) is 1. The first kappa shape index (κ1) is 11.6. The quantitative estimate of drug-likeness (QED) is 0.721. The zero-order valence-corrected chi connectivity index (χ0v) is 11.0. The summed E-state index contributed by atoms with van der Waals surface area (Å²) in [6.45, 7) is 0. The molecule has 1 heterocycles. The second-order valence-electron chi connectivity index (χ2n) is 5.22. The van der Waals surface area contributed by atoms with Gasteiger partial charge in [0, 0.05) is 12.5 Å². The van der Waals surface area contributed by atoms with Crippen molar-refractivity contribution < 1.29 is 4.79 Å². The van der Waals surface area contributed by atoms with E-state index >= 15 is 0 Å². The summed E-state index contributed by atoms with van der Waals surface area (Å²) in [5.41, 5.74) is 0. The molecular formula is C13H15Cl2NO. The van der Waals surface area contributed by atoms with Crippen LogP contribution in [0.15, 0.2) is 22.2 Å². The number of hydrogen-bond acceptors (Lipinski definition) is 1. The van der Waals surface area contributed by atoms with E-state index in [1.54, 1.807) is 0 Å². The fourth-order valence-electron chi connectivity index (χ4n) is 3.47. The Hall–Kier alpha value is -0.470. The molecule has 1 amide bonds. The number of piperidine rings is 1. The third-order valence-corrected chi connectivity index (χ3v) is 5.05. The number of carbonyl (C=O) groups excluding carboxylic acids is 1. The molecule has 0 spiro atoms. The van der Waals surface area contributed by atoms with Gasteiger partial charge in [0.25, 0.3) is 0 Å². The maximum Gasteiger partial charge on any atom is 0.220 e. The van der Waals surface area contributed by atoms with Crippen LogP contribution < -0.4 is 5.32 Å². The predicted molar refractivity (Wildman–Crippen MR) is 68.7 cm³/mol. The normalized spacial score (nSPS) is 40.7. The van der Waals surface area contributed by atoms with E-state index in [1.165, 1.54) is 0 Å². The lowest BCUT2D eigenvalue weighted by atomic mass is 9.65. The number of fused-ring (bicyclic) bond motifs is 3. The highest BCUT2D eigenvalue weighted by atomic mass is 35.5. The number of carbonyl (C=O) groups is 1. The molecule has 2 aliphatic carbocycles. The van der Waals surface area contributed by atoms with Crippen molar-refractivity contribution in [2.75, 3.05) is 0 Å². The predicted octanol–water partition coefficient (Wildman–Crippen LogP) is 3.17. The maximum atomic E-state index is 11.4. The molecule has 4 heteroatoms. The molecule has 2 nitrogen and oxygen atoms in total. The molecule has 1 N–H and O–H groups in total. The van der Waals surface area contributed by atoms with Crippen molar-refractivity contribution >= 4 is 29.1 Å². The second kappa shape index (κ2) is 4.33. The second-order valence-corrected chi connectivity index (χ2v) is 6.04. The summed E-state index contributed by atoms with van der Waals surface area (Å²) in [7, 11) is 0. The fraction of sp³-hybridized carbons (Fsp3) is 0.615. The summed E-state index contributed by atoms with van der Waals surface area (Å²) in [4.78, 5) is 11.4. The Bertz CT molecular complexity index is 416. The van der Waals surface area contributed by atoms with Crippen molar-refractivity contribution in [1.29, 1.82) is 0 Å². The maximum absolute atomic E-state index is 11.4. The van der Waals surface area contributed by atoms with Crippen LogP contribution in [0.4, 0.5) is 0 Å². The lowest BCUT2D eigenvalue weighted by Gasteiger charge is -2.45. The van der Waals surface area contributed by atoms with Crippen molar-refractivity contribution in [3.63, 3.8) is 0 Å². The molecule has 0 radical (unpaired) electrons. The minimum absolute atomic E-state index is 0.198. The Morgan fingerprint density at radius 3 is 2.71 bits per heavy atom. The molecule has 0 bridgehead atoms. The van der Waals surface area contributed by atoms with Gasteiger partial charge in [0.1, 0.15) is 0 Å². The van der Waals surface area contributed by atoms with Crippen LogP contribution in [0.3, 0.4) is 0 Å². The third-order valence-electron chi connectivity index (χ3n) is 4.30. The van der Waals surface area contributed by atoms with Gasteiger partial charge >= 0.3 is 0 Å². The van der Waals surface area contributed by atoms with Gasteiger partial charge in [-0.1, -0.05) is 35.4 Å². The van der Waals surface area contributed by atoms with Crippen LogP contribution in [-0.4, -0.2) is 11.9 Å². The Kier molecular flexibility index (Phi) is 2.95. The lowest BCUT2D eigenvalue weighted by molar-refractivity contribution is -0.125. The SMILES string of the molecule is O=C1CC[C@H]2C3C=C(Cl)C(Cl)=CC3CC[C@@H]2N1. The molecule has 0 aromatic rings. The summed E-state index contributed by atoms with van der Waals surface area (Å²) < 4.78 is 0. The Balaban J connectivity index is 1.85. The molecule has 3 rings (SSSR count). The van der Waals surface area contributed by atoms with Crippen LogP contribution in [0.2, 0.25) is 0 Å². The van der Waals surface area contributed by atoms with Gasteiger partial charge in [-0.05, 0) is 37.0 Å². The standard InChI is InChI=1S/C13H15Cl2NO/c14-10-5-7-1-3-12-8(2-4-13(17)16-12)9(7)6-11(10)15/h5-9,12H,1-4H2,(H,16,17)/t7?,8-,9?,12-/m0/s1. The van der Waals surface area contributed by atoms with Crippen molar-refractivity contribution in [2.24, 2.45) is 17.8 Å². The number of rotatable bonds is 0. The highest BCUT2D eigenvalue weighted by Gasteiger charge is 2.41. The Morgan fingerprint density at radius 2 is 1.88 bits per heavy atom. The zero-order chi connectivity index (χ0) is 12.0. The molecular weight excluding hydrogens is 257 g/mol. The molecule has 0 aromatic carbocycles. The minimum atomic E-state index is 0.198. The van der Waals surface area contributed by atoms with Gasteiger partial charge < -0.3 is 5.32 Å². The average molecular weight is 272 g/mol. The summed E-state index contributed by atoms with van der Waals surface area (Å²) >= 11 is 12.2.